The lowest BCUT2D eigenvalue weighted by Crippen LogP contribution is -2.38. The van der Waals surface area contributed by atoms with Gasteiger partial charge in [-0.2, -0.15) is 0 Å². The zero-order valence-electron chi connectivity index (χ0n) is 14.2. The molecule has 0 amide bonds. The first-order chi connectivity index (χ1) is 10.0. The molecule has 0 fully saturated rings. The van der Waals surface area contributed by atoms with E-state index in [4.69, 9.17) is 9.47 Å². The van der Waals surface area contributed by atoms with Gasteiger partial charge in [0.2, 0.25) is 0 Å². The highest BCUT2D eigenvalue weighted by molar-refractivity contribution is 5.31. The van der Waals surface area contributed by atoms with Gasteiger partial charge >= 0.3 is 0 Å². The summed E-state index contributed by atoms with van der Waals surface area (Å²) in [6.07, 6.45) is 3.43. The lowest BCUT2D eigenvalue weighted by Gasteiger charge is -2.33. The summed E-state index contributed by atoms with van der Waals surface area (Å²) in [5.41, 5.74) is 0.330. The maximum absolute atomic E-state index is 5.89. The second-order valence-corrected chi connectivity index (χ2v) is 6.02. The molecule has 0 saturated heterocycles. The van der Waals surface area contributed by atoms with Gasteiger partial charge in [-0.05, 0) is 48.9 Å². The highest BCUT2D eigenvalue weighted by Gasteiger charge is 2.26. The minimum atomic E-state index is 0.330. The van der Waals surface area contributed by atoms with Gasteiger partial charge in [-0.15, -0.1) is 0 Å². The van der Waals surface area contributed by atoms with Crippen molar-refractivity contribution >= 4 is 0 Å². The summed E-state index contributed by atoms with van der Waals surface area (Å²) in [5, 5.41) is 3.58. The first-order valence-electron chi connectivity index (χ1n) is 8.05. The Kier molecular flexibility index (Phi) is 7.58. The van der Waals surface area contributed by atoms with Crippen LogP contribution in [0.5, 0.6) is 11.5 Å². The number of ether oxygens (including phenoxy) is 2. The Labute approximate surface area is 130 Å². The Bertz CT molecular complexity index is 383. The normalized spacial score (nSPS) is 11.7. The molecule has 0 saturated carbocycles. The molecule has 0 heterocycles. The van der Waals surface area contributed by atoms with Crippen molar-refractivity contribution in [1.82, 2.24) is 5.32 Å². The standard InChI is InChI=1S/C18H31NO2/c1-6-18(7-2,14-19-15(3)4)12-13-21-17-10-8-16(20-5)9-11-17/h8-11,15,19H,6-7,12-14H2,1-5H3. The summed E-state index contributed by atoms with van der Waals surface area (Å²) >= 11 is 0. The third-order valence-electron chi connectivity index (χ3n) is 4.35. The Morgan fingerprint density at radius 2 is 1.62 bits per heavy atom. The zero-order valence-corrected chi connectivity index (χ0v) is 14.2. The van der Waals surface area contributed by atoms with E-state index >= 15 is 0 Å². The minimum Gasteiger partial charge on any atom is -0.497 e. The van der Waals surface area contributed by atoms with Crippen molar-refractivity contribution < 1.29 is 9.47 Å². The van der Waals surface area contributed by atoms with E-state index in [1.54, 1.807) is 7.11 Å². The second kappa shape index (κ2) is 8.93. The van der Waals surface area contributed by atoms with Gasteiger partial charge in [0.05, 0.1) is 13.7 Å². The lowest BCUT2D eigenvalue weighted by molar-refractivity contribution is 0.171. The van der Waals surface area contributed by atoms with Crippen molar-refractivity contribution in [1.29, 1.82) is 0 Å². The summed E-state index contributed by atoms with van der Waals surface area (Å²) in [4.78, 5) is 0. The number of nitrogens with one attached hydrogen (secondary N) is 1. The van der Waals surface area contributed by atoms with E-state index in [1.165, 1.54) is 12.8 Å². The number of hydrogen-bond acceptors (Lipinski definition) is 3. The van der Waals surface area contributed by atoms with Crippen LogP contribution in [0.4, 0.5) is 0 Å². The highest BCUT2D eigenvalue weighted by Crippen LogP contribution is 2.30. The van der Waals surface area contributed by atoms with Crippen LogP contribution in [0.1, 0.15) is 47.0 Å². The lowest BCUT2D eigenvalue weighted by atomic mass is 9.79. The molecule has 3 nitrogen and oxygen atoms in total. The minimum absolute atomic E-state index is 0.330. The van der Waals surface area contributed by atoms with Crippen LogP contribution < -0.4 is 14.8 Å². The average Bonchev–Trinajstić information content (AvgIpc) is 2.51. The molecular weight excluding hydrogens is 262 g/mol. The molecule has 120 valence electrons. The van der Waals surface area contributed by atoms with Crippen LogP contribution in [0, 0.1) is 5.41 Å². The fourth-order valence-corrected chi connectivity index (χ4v) is 2.42. The predicted octanol–water partition coefficient (Wildman–Crippen LogP) is 4.27. The van der Waals surface area contributed by atoms with E-state index in [9.17, 15) is 0 Å². The van der Waals surface area contributed by atoms with Crippen LogP contribution in [0.15, 0.2) is 24.3 Å². The molecule has 0 aliphatic rings. The highest BCUT2D eigenvalue weighted by atomic mass is 16.5. The largest absolute Gasteiger partial charge is 0.497 e. The number of benzene rings is 1. The summed E-state index contributed by atoms with van der Waals surface area (Å²) in [6.45, 7) is 10.8. The Morgan fingerprint density at radius 1 is 1.05 bits per heavy atom. The predicted molar refractivity (Wildman–Crippen MR) is 89.3 cm³/mol. The molecule has 0 spiro atoms. The summed E-state index contributed by atoms with van der Waals surface area (Å²) in [7, 11) is 1.68. The summed E-state index contributed by atoms with van der Waals surface area (Å²) in [6, 6.07) is 8.32. The monoisotopic (exact) mass is 293 g/mol. The van der Waals surface area contributed by atoms with Gasteiger partial charge < -0.3 is 14.8 Å². The van der Waals surface area contributed by atoms with Crippen molar-refractivity contribution in [3.05, 3.63) is 24.3 Å². The molecular formula is C18H31NO2. The van der Waals surface area contributed by atoms with E-state index in [0.717, 1.165) is 31.1 Å². The average molecular weight is 293 g/mol. The summed E-state index contributed by atoms with van der Waals surface area (Å²) in [5.74, 6) is 1.77. The topological polar surface area (TPSA) is 30.5 Å². The van der Waals surface area contributed by atoms with Crippen molar-refractivity contribution in [3.8, 4) is 11.5 Å². The Morgan fingerprint density at radius 3 is 2.10 bits per heavy atom. The smallest absolute Gasteiger partial charge is 0.119 e. The van der Waals surface area contributed by atoms with Gasteiger partial charge in [0.15, 0.2) is 0 Å². The molecule has 1 aromatic carbocycles. The van der Waals surface area contributed by atoms with Crippen LogP contribution in [-0.2, 0) is 0 Å². The van der Waals surface area contributed by atoms with Crippen LogP contribution >= 0.6 is 0 Å². The van der Waals surface area contributed by atoms with E-state index in [0.29, 0.717) is 11.5 Å². The number of methoxy groups -OCH3 is 1. The van der Waals surface area contributed by atoms with Crippen molar-refractivity contribution in [3.63, 3.8) is 0 Å². The van der Waals surface area contributed by atoms with Gasteiger partial charge in [-0.1, -0.05) is 27.7 Å². The zero-order chi connectivity index (χ0) is 15.7. The molecule has 0 aliphatic carbocycles. The van der Waals surface area contributed by atoms with Gasteiger partial charge in [-0.25, -0.2) is 0 Å². The van der Waals surface area contributed by atoms with Gasteiger partial charge in [-0.3, -0.25) is 0 Å². The number of hydrogen-bond donors (Lipinski definition) is 1. The Hall–Kier alpha value is -1.22. The SMILES string of the molecule is CCC(CC)(CCOc1ccc(OC)cc1)CNC(C)C. The molecule has 0 atom stereocenters. The molecule has 0 radical (unpaired) electrons. The van der Waals surface area contributed by atoms with E-state index in [-0.39, 0.29) is 0 Å². The van der Waals surface area contributed by atoms with Crippen molar-refractivity contribution in [2.45, 2.75) is 53.0 Å². The molecule has 0 bridgehead atoms. The maximum atomic E-state index is 5.89. The molecule has 21 heavy (non-hydrogen) atoms. The van der Waals surface area contributed by atoms with Crippen molar-refractivity contribution in [2.24, 2.45) is 5.41 Å². The third-order valence-corrected chi connectivity index (χ3v) is 4.35. The van der Waals surface area contributed by atoms with Gasteiger partial charge in [0.25, 0.3) is 0 Å². The molecule has 1 aromatic rings. The fourth-order valence-electron chi connectivity index (χ4n) is 2.42. The van der Waals surface area contributed by atoms with Crippen LogP contribution in [0.2, 0.25) is 0 Å². The molecule has 0 unspecified atom stereocenters. The number of rotatable bonds is 10. The van der Waals surface area contributed by atoms with E-state index in [1.807, 2.05) is 24.3 Å². The van der Waals surface area contributed by atoms with Crippen LogP contribution in [0.3, 0.4) is 0 Å². The third kappa shape index (κ3) is 5.96. The first-order valence-corrected chi connectivity index (χ1v) is 8.05. The molecule has 1 N–H and O–H groups in total. The molecule has 3 heteroatoms. The quantitative estimate of drug-likeness (QED) is 0.699. The Balaban J connectivity index is 2.48. The van der Waals surface area contributed by atoms with Crippen LogP contribution in [-0.4, -0.2) is 26.3 Å². The molecule has 0 aliphatic heterocycles. The first kappa shape index (κ1) is 17.8. The van der Waals surface area contributed by atoms with Gasteiger partial charge in [0, 0.05) is 12.6 Å². The second-order valence-electron chi connectivity index (χ2n) is 6.02. The van der Waals surface area contributed by atoms with Crippen molar-refractivity contribution in [2.75, 3.05) is 20.3 Å². The van der Waals surface area contributed by atoms with E-state index < -0.39 is 0 Å². The summed E-state index contributed by atoms with van der Waals surface area (Å²) < 4.78 is 11.0. The fraction of sp³-hybridized carbons (Fsp3) is 0.667. The maximum Gasteiger partial charge on any atom is 0.119 e. The molecule has 0 aromatic heterocycles. The van der Waals surface area contributed by atoms with Gasteiger partial charge in [0.1, 0.15) is 11.5 Å². The molecule has 1 rings (SSSR count). The van der Waals surface area contributed by atoms with Crippen LogP contribution in [0.25, 0.3) is 0 Å². The van der Waals surface area contributed by atoms with E-state index in [2.05, 4.69) is 33.0 Å².